The largest absolute Gasteiger partial charge is 0.475 e. The van der Waals surface area contributed by atoms with Crippen molar-refractivity contribution in [3.63, 3.8) is 0 Å². The molecule has 12 heteroatoms. The lowest BCUT2D eigenvalue weighted by Crippen LogP contribution is -2.40. The lowest BCUT2D eigenvalue weighted by molar-refractivity contribution is -0.137. The molecule has 0 aromatic carbocycles. The van der Waals surface area contributed by atoms with Crippen molar-refractivity contribution < 1.29 is 17.9 Å². The van der Waals surface area contributed by atoms with Gasteiger partial charge < -0.3 is 15.0 Å². The minimum Gasteiger partial charge on any atom is -0.475 e. The van der Waals surface area contributed by atoms with Gasteiger partial charge in [0.25, 0.3) is 0 Å². The molecule has 2 aromatic heterocycles. The number of halogens is 5. The van der Waals surface area contributed by atoms with Crippen LogP contribution in [0.4, 0.5) is 13.2 Å². The molecule has 0 fully saturated rings. The molecule has 1 N–H and O–H groups in total. The molecule has 0 unspecified atom stereocenters. The summed E-state index contributed by atoms with van der Waals surface area (Å²) in [6.07, 6.45) is -0.131. The molecule has 28 heavy (non-hydrogen) atoms. The molecule has 0 saturated carbocycles. The molecular formula is C16H21ClF3IN6O. The Bertz CT molecular complexity index is 799. The lowest BCUT2D eigenvalue weighted by atomic mass is 10.3. The van der Waals surface area contributed by atoms with Gasteiger partial charge in [0.2, 0.25) is 5.88 Å². The average molecular weight is 533 g/mol. The maximum Gasteiger partial charge on any atom is 0.417 e. The number of hydrogen-bond acceptors (Lipinski definition) is 4. The van der Waals surface area contributed by atoms with Gasteiger partial charge in [0, 0.05) is 45.6 Å². The van der Waals surface area contributed by atoms with Gasteiger partial charge >= 0.3 is 6.18 Å². The monoisotopic (exact) mass is 532 g/mol. The van der Waals surface area contributed by atoms with Crippen LogP contribution in [-0.2, 0) is 19.8 Å². The summed E-state index contributed by atoms with van der Waals surface area (Å²) < 4.78 is 44.8. The summed E-state index contributed by atoms with van der Waals surface area (Å²) in [7, 11) is 5.36. The Morgan fingerprint density at radius 3 is 2.64 bits per heavy atom. The zero-order valence-corrected chi connectivity index (χ0v) is 18.6. The normalized spacial score (nSPS) is 11.8. The second-order valence-electron chi connectivity index (χ2n) is 5.71. The first-order valence-electron chi connectivity index (χ1n) is 7.95. The molecule has 156 valence electrons. The van der Waals surface area contributed by atoms with Gasteiger partial charge in [-0.1, -0.05) is 11.6 Å². The molecule has 0 atom stereocenters. The average Bonchev–Trinajstić information content (AvgIpc) is 2.99. The molecule has 0 bridgehead atoms. The van der Waals surface area contributed by atoms with Crippen LogP contribution in [-0.4, -0.2) is 52.9 Å². The van der Waals surface area contributed by atoms with Crippen LogP contribution >= 0.6 is 35.6 Å². The van der Waals surface area contributed by atoms with Crippen molar-refractivity contribution in [1.29, 1.82) is 0 Å². The number of nitrogens with zero attached hydrogens (tertiary/aromatic N) is 5. The first-order valence-corrected chi connectivity index (χ1v) is 8.33. The Labute approximate surface area is 182 Å². The van der Waals surface area contributed by atoms with Gasteiger partial charge in [0.15, 0.2) is 5.96 Å². The number of hydrogen-bond donors (Lipinski definition) is 1. The number of alkyl halides is 3. The summed E-state index contributed by atoms with van der Waals surface area (Å²) in [6.45, 7) is 1.13. The molecule has 0 radical (unpaired) electrons. The molecular weight excluding hydrogens is 512 g/mol. The number of aryl methyl sites for hydroxylation is 1. The van der Waals surface area contributed by atoms with Crippen LogP contribution in [0, 0.1) is 0 Å². The van der Waals surface area contributed by atoms with Gasteiger partial charge in [-0.15, -0.1) is 24.0 Å². The predicted octanol–water partition coefficient (Wildman–Crippen LogP) is 3.19. The Morgan fingerprint density at radius 1 is 1.39 bits per heavy atom. The highest BCUT2D eigenvalue weighted by molar-refractivity contribution is 14.0. The van der Waals surface area contributed by atoms with Crippen LogP contribution in [0.15, 0.2) is 29.6 Å². The Morgan fingerprint density at radius 2 is 2.11 bits per heavy atom. The van der Waals surface area contributed by atoms with E-state index in [0.717, 1.165) is 11.6 Å². The van der Waals surface area contributed by atoms with Crippen LogP contribution < -0.4 is 10.1 Å². The van der Waals surface area contributed by atoms with Crippen LogP contribution in [0.25, 0.3) is 0 Å². The SMILES string of the molecule is CN=C(NCCOc1ncc(C(F)(F)F)cc1Cl)N(C)Cc1cnn(C)c1.I. The highest BCUT2D eigenvalue weighted by Crippen LogP contribution is 2.32. The van der Waals surface area contributed by atoms with Crippen molar-refractivity contribution >= 4 is 41.5 Å². The summed E-state index contributed by atoms with van der Waals surface area (Å²) in [5.74, 6) is 0.582. The van der Waals surface area contributed by atoms with Gasteiger partial charge in [-0.3, -0.25) is 9.67 Å². The molecule has 0 amide bonds. The first-order chi connectivity index (χ1) is 12.7. The molecule has 2 aromatic rings. The van der Waals surface area contributed by atoms with Crippen LogP contribution in [0.3, 0.4) is 0 Å². The van der Waals surface area contributed by atoms with Gasteiger partial charge in [-0.2, -0.15) is 18.3 Å². The molecule has 0 aliphatic heterocycles. The van der Waals surface area contributed by atoms with E-state index in [4.69, 9.17) is 16.3 Å². The van der Waals surface area contributed by atoms with E-state index in [1.165, 1.54) is 0 Å². The third-order valence-electron chi connectivity index (χ3n) is 3.51. The summed E-state index contributed by atoms with van der Waals surface area (Å²) in [5.41, 5.74) is 0.107. The molecule has 0 aliphatic carbocycles. The van der Waals surface area contributed by atoms with Crippen molar-refractivity contribution in [2.75, 3.05) is 27.2 Å². The van der Waals surface area contributed by atoms with Gasteiger partial charge in [0.05, 0.1) is 18.3 Å². The van der Waals surface area contributed by atoms with Crippen molar-refractivity contribution in [1.82, 2.24) is 25.0 Å². The fourth-order valence-electron chi connectivity index (χ4n) is 2.28. The quantitative estimate of drug-likeness (QED) is 0.268. The third-order valence-corrected chi connectivity index (χ3v) is 3.78. The lowest BCUT2D eigenvalue weighted by Gasteiger charge is -2.21. The van der Waals surface area contributed by atoms with Crippen LogP contribution in [0.2, 0.25) is 5.02 Å². The zero-order valence-electron chi connectivity index (χ0n) is 15.5. The zero-order chi connectivity index (χ0) is 20.0. The van der Waals surface area contributed by atoms with Gasteiger partial charge in [0.1, 0.15) is 11.6 Å². The van der Waals surface area contributed by atoms with Crippen LogP contribution in [0.1, 0.15) is 11.1 Å². The summed E-state index contributed by atoms with van der Waals surface area (Å²) >= 11 is 5.80. The van der Waals surface area contributed by atoms with Gasteiger partial charge in [-0.25, -0.2) is 4.98 Å². The standard InChI is InChI=1S/C16H20ClF3N6O.HI/c1-21-15(25(2)9-11-7-24-26(3)10-11)22-4-5-27-14-13(17)6-12(8-23-14)16(18,19)20;/h6-8,10H,4-5,9H2,1-3H3,(H,21,22);1H. The first kappa shape index (κ1) is 24.3. The number of ether oxygens (including phenoxy) is 1. The second-order valence-corrected chi connectivity index (χ2v) is 6.12. The van der Waals surface area contributed by atoms with E-state index < -0.39 is 11.7 Å². The minimum absolute atomic E-state index is 0. The van der Waals surface area contributed by atoms with Crippen molar-refractivity contribution in [3.8, 4) is 5.88 Å². The molecule has 0 saturated heterocycles. The fourth-order valence-corrected chi connectivity index (χ4v) is 2.51. The molecule has 7 nitrogen and oxygen atoms in total. The van der Waals surface area contributed by atoms with Gasteiger partial charge in [-0.05, 0) is 6.07 Å². The van der Waals surface area contributed by atoms with E-state index in [-0.39, 0.29) is 41.5 Å². The maximum atomic E-state index is 12.6. The Kier molecular flexibility index (Phi) is 9.27. The fraction of sp³-hybridized carbons (Fsp3) is 0.438. The number of pyridine rings is 1. The number of aromatic nitrogens is 3. The third kappa shape index (κ3) is 7.00. The predicted molar refractivity (Wildman–Crippen MR) is 111 cm³/mol. The van der Waals surface area contributed by atoms with E-state index in [1.807, 2.05) is 25.2 Å². The number of rotatable bonds is 6. The highest BCUT2D eigenvalue weighted by Gasteiger charge is 2.31. The molecule has 0 spiro atoms. The Balaban J connectivity index is 0.00000392. The maximum absolute atomic E-state index is 12.6. The highest BCUT2D eigenvalue weighted by atomic mass is 127. The van der Waals surface area contributed by atoms with E-state index in [1.54, 1.807) is 17.9 Å². The van der Waals surface area contributed by atoms with Crippen molar-refractivity contribution in [2.24, 2.45) is 12.0 Å². The number of nitrogens with one attached hydrogen (secondary N) is 1. The minimum atomic E-state index is -4.50. The summed E-state index contributed by atoms with van der Waals surface area (Å²) in [4.78, 5) is 9.70. The molecule has 2 rings (SSSR count). The van der Waals surface area contributed by atoms with Crippen molar-refractivity contribution in [2.45, 2.75) is 12.7 Å². The topological polar surface area (TPSA) is 67.6 Å². The van der Waals surface area contributed by atoms with E-state index in [2.05, 4.69) is 20.4 Å². The molecule has 2 heterocycles. The molecule has 0 aliphatic rings. The van der Waals surface area contributed by atoms with E-state index in [9.17, 15) is 13.2 Å². The number of guanidine groups is 1. The summed E-state index contributed by atoms with van der Waals surface area (Å²) in [6, 6.07) is 0.790. The van der Waals surface area contributed by atoms with E-state index in [0.29, 0.717) is 25.2 Å². The van der Waals surface area contributed by atoms with Crippen LogP contribution in [0.5, 0.6) is 5.88 Å². The second kappa shape index (κ2) is 10.7. The number of aliphatic imine (C=N–C) groups is 1. The Hall–Kier alpha value is -1.76. The van der Waals surface area contributed by atoms with E-state index >= 15 is 0 Å². The van der Waals surface area contributed by atoms with Crippen molar-refractivity contribution in [3.05, 3.63) is 40.8 Å². The summed E-state index contributed by atoms with van der Waals surface area (Å²) in [5, 5.41) is 7.02. The smallest absolute Gasteiger partial charge is 0.417 e.